The summed E-state index contributed by atoms with van der Waals surface area (Å²) in [6.45, 7) is 5.48. The van der Waals surface area contributed by atoms with Crippen LogP contribution >= 0.6 is 24.0 Å². The van der Waals surface area contributed by atoms with Crippen LogP contribution in [0.1, 0.15) is 25.3 Å². The molecule has 0 aliphatic heterocycles. The van der Waals surface area contributed by atoms with Crippen molar-refractivity contribution in [3.8, 4) is 0 Å². The van der Waals surface area contributed by atoms with Crippen LogP contribution in [0.3, 0.4) is 0 Å². The molecule has 0 heterocycles. The topological polar surface area (TPSA) is 65.5 Å². The van der Waals surface area contributed by atoms with Crippen molar-refractivity contribution in [1.82, 2.24) is 10.6 Å². The van der Waals surface area contributed by atoms with Gasteiger partial charge in [0, 0.05) is 18.8 Å². The molecular weight excluding hydrogens is 458 g/mol. The number of nitrogens with zero attached hydrogens (tertiary/aromatic N) is 1. The van der Waals surface area contributed by atoms with Crippen molar-refractivity contribution < 1.29 is 9.18 Å². The first kappa shape index (κ1) is 22.9. The van der Waals surface area contributed by atoms with Gasteiger partial charge >= 0.3 is 0 Å². The van der Waals surface area contributed by atoms with E-state index in [-0.39, 0.29) is 42.2 Å². The van der Waals surface area contributed by atoms with E-state index >= 15 is 0 Å². The summed E-state index contributed by atoms with van der Waals surface area (Å²) in [5.74, 6) is 0.301. The molecule has 5 nitrogen and oxygen atoms in total. The summed E-state index contributed by atoms with van der Waals surface area (Å²) >= 11 is 0. The maximum atomic E-state index is 12.9. The van der Waals surface area contributed by atoms with E-state index in [2.05, 4.69) is 40.0 Å². The van der Waals surface area contributed by atoms with E-state index in [0.717, 1.165) is 0 Å². The highest BCUT2D eigenvalue weighted by molar-refractivity contribution is 14.0. The Kier molecular flexibility index (Phi) is 10.4. The average Bonchev–Trinajstić information content (AvgIpc) is 2.66. The van der Waals surface area contributed by atoms with Crippen molar-refractivity contribution in [2.45, 2.75) is 19.8 Å². The number of hydrogen-bond acceptors (Lipinski definition) is 2. The number of rotatable bonds is 7. The standard InChI is InChI=1S/C20H25FN4O.HI/c1-3-22-20(23-13-15(2)16-7-5-4-6-8-16)24-14-19(26)25-18-11-9-17(21)10-12-18;/h4-12,15H,3,13-14H2,1-2H3,(H,25,26)(H2,22,23,24);1H. The molecule has 0 aliphatic rings. The van der Waals surface area contributed by atoms with Crippen molar-refractivity contribution >= 4 is 41.5 Å². The summed E-state index contributed by atoms with van der Waals surface area (Å²) in [6, 6.07) is 15.8. The molecule has 3 N–H and O–H groups in total. The fourth-order valence-corrected chi connectivity index (χ4v) is 2.38. The maximum Gasteiger partial charge on any atom is 0.246 e. The van der Waals surface area contributed by atoms with Gasteiger partial charge in [-0.25, -0.2) is 9.38 Å². The third-order valence-corrected chi connectivity index (χ3v) is 3.80. The molecule has 146 valence electrons. The van der Waals surface area contributed by atoms with Crippen LogP contribution in [0.4, 0.5) is 10.1 Å². The molecule has 2 aromatic carbocycles. The van der Waals surface area contributed by atoms with Crippen molar-refractivity contribution in [2.75, 3.05) is 25.0 Å². The number of carbonyl (C=O) groups is 1. The van der Waals surface area contributed by atoms with Gasteiger partial charge < -0.3 is 16.0 Å². The zero-order valence-corrected chi connectivity index (χ0v) is 17.9. The van der Waals surface area contributed by atoms with Crippen molar-refractivity contribution in [3.05, 3.63) is 66.0 Å². The van der Waals surface area contributed by atoms with Gasteiger partial charge in [-0.2, -0.15) is 0 Å². The highest BCUT2D eigenvalue weighted by atomic mass is 127. The minimum atomic E-state index is -0.341. The normalized spacial score (nSPS) is 11.9. The van der Waals surface area contributed by atoms with Gasteiger partial charge in [0.25, 0.3) is 0 Å². The second-order valence-electron chi connectivity index (χ2n) is 5.94. The molecule has 27 heavy (non-hydrogen) atoms. The number of halogens is 2. The molecule has 0 aliphatic carbocycles. The first-order valence-electron chi connectivity index (χ1n) is 8.71. The molecule has 0 saturated heterocycles. The molecule has 0 aromatic heterocycles. The SMILES string of the molecule is CCNC(=NCC(=O)Nc1ccc(F)cc1)NCC(C)c1ccccc1.I. The summed E-state index contributed by atoms with van der Waals surface area (Å²) in [5, 5.41) is 9.07. The molecule has 1 unspecified atom stereocenters. The third kappa shape index (κ3) is 8.38. The molecule has 0 radical (unpaired) electrons. The zero-order valence-electron chi connectivity index (χ0n) is 15.5. The van der Waals surface area contributed by atoms with Gasteiger partial charge in [0.05, 0.1) is 0 Å². The Balaban J connectivity index is 0.00000364. The highest BCUT2D eigenvalue weighted by Gasteiger charge is 2.07. The van der Waals surface area contributed by atoms with Gasteiger partial charge in [0.1, 0.15) is 12.4 Å². The number of carbonyl (C=O) groups excluding carboxylic acids is 1. The maximum absolute atomic E-state index is 12.9. The molecular formula is C20H26FIN4O. The van der Waals surface area contributed by atoms with Crippen LogP contribution < -0.4 is 16.0 Å². The van der Waals surface area contributed by atoms with Gasteiger partial charge in [-0.3, -0.25) is 4.79 Å². The van der Waals surface area contributed by atoms with Crippen molar-refractivity contribution in [2.24, 2.45) is 4.99 Å². The van der Waals surface area contributed by atoms with E-state index in [9.17, 15) is 9.18 Å². The Morgan fingerprint density at radius 1 is 1.07 bits per heavy atom. The molecule has 1 amide bonds. The van der Waals surface area contributed by atoms with Gasteiger partial charge in [0.2, 0.25) is 5.91 Å². The van der Waals surface area contributed by atoms with Crippen LogP contribution in [0.15, 0.2) is 59.6 Å². The minimum Gasteiger partial charge on any atom is -0.357 e. The molecule has 0 spiro atoms. The van der Waals surface area contributed by atoms with Crippen LogP contribution in [0.2, 0.25) is 0 Å². The lowest BCUT2D eigenvalue weighted by Gasteiger charge is -2.16. The molecule has 0 saturated carbocycles. The van der Waals surface area contributed by atoms with E-state index in [0.29, 0.717) is 30.7 Å². The predicted octanol–water partition coefficient (Wildman–Crippen LogP) is 3.74. The zero-order chi connectivity index (χ0) is 18.8. The largest absolute Gasteiger partial charge is 0.357 e. The van der Waals surface area contributed by atoms with Crippen molar-refractivity contribution in [3.63, 3.8) is 0 Å². The van der Waals surface area contributed by atoms with E-state index in [1.165, 1.54) is 29.8 Å². The Morgan fingerprint density at radius 2 is 1.74 bits per heavy atom. The summed E-state index contributed by atoms with van der Waals surface area (Å²) in [6.07, 6.45) is 0. The lowest BCUT2D eigenvalue weighted by atomic mass is 10.0. The monoisotopic (exact) mass is 484 g/mol. The van der Waals surface area contributed by atoms with Crippen LogP contribution in [-0.2, 0) is 4.79 Å². The highest BCUT2D eigenvalue weighted by Crippen LogP contribution is 2.12. The number of hydrogen-bond donors (Lipinski definition) is 3. The average molecular weight is 484 g/mol. The number of benzene rings is 2. The van der Waals surface area contributed by atoms with E-state index in [1.54, 1.807) is 0 Å². The number of amides is 1. The second-order valence-corrected chi connectivity index (χ2v) is 5.94. The van der Waals surface area contributed by atoms with E-state index in [1.807, 2.05) is 25.1 Å². The van der Waals surface area contributed by atoms with Gasteiger partial charge in [-0.05, 0) is 42.7 Å². The Morgan fingerprint density at radius 3 is 2.37 bits per heavy atom. The Bertz CT molecular complexity index is 723. The number of anilines is 1. The molecule has 2 rings (SSSR count). The molecule has 1 atom stereocenters. The second kappa shape index (κ2) is 12.3. The summed E-state index contributed by atoms with van der Waals surface area (Å²) in [4.78, 5) is 16.3. The lowest BCUT2D eigenvalue weighted by Crippen LogP contribution is -2.39. The summed E-state index contributed by atoms with van der Waals surface area (Å²) in [7, 11) is 0. The van der Waals surface area contributed by atoms with Crippen LogP contribution in [0, 0.1) is 5.82 Å². The van der Waals surface area contributed by atoms with Crippen LogP contribution in [-0.4, -0.2) is 31.5 Å². The third-order valence-electron chi connectivity index (χ3n) is 3.80. The van der Waals surface area contributed by atoms with Gasteiger partial charge in [-0.1, -0.05) is 37.3 Å². The van der Waals surface area contributed by atoms with Crippen molar-refractivity contribution in [1.29, 1.82) is 0 Å². The lowest BCUT2D eigenvalue weighted by molar-refractivity contribution is -0.114. The van der Waals surface area contributed by atoms with Crippen LogP contribution in [0.5, 0.6) is 0 Å². The quantitative estimate of drug-likeness (QED) is 0.319. The molecule has 0 bridgehead atoms. The first-order valence-corrected chi connectivity index (χ1v) is 8.71. The molecule has 0 fully saturated rings. The predicted molar refractivity (Wildman–Crippen MR) is 119 cm³/mol. The van der Waals surface area contributed by atoms with E-state index in [4.69, 9.17) is 0 Å². The van der Waals surface area contributed by atoms with Gasteiger partial charge in [0.15, 0.2) is 5.96 Å². The Hall–Kier alpha value is -2.16. The summed E-state index contributed by atoms with van der Waals surface area (Å²) < 4.78 is 12.9. The number of guanidine groups is 1. The first-order chi connectivity index (χ1) is 12.6. The number of nitrogens with one attached hydrogen (secondary N) is 3. The number of aliphatic imine (C=N–C) groups is 1. The Labute approximate surface area is 176 Å². The fraction of sp³-hybridized carbons (Fsp3) is 0.300. The van der Waals surface area contributed by atoms with Crippen LogP contribution in [0.25, 0.3) is 0 Å². The fourth-order valence-electron chi connectivity index (χ4n) is 2.38. The van der Waals surface area contributed by atoms with Gasteiger partial charge in [-0.15, -0.1) is 24.0 Å². The minimum absolute atomic E-state index is 0. The molecule has 2 aromatic rings. The van der Waals surface area contributed by atoms with E-state index < -0.39 is 0 Å². The summed E-state index contributed by atoms with van der Waals surface area (Å²) in [5.41, 5.74) is 1.78. The molecule has 7 heteroatoms. The smallest absolute Gasteiger partial charge is 0.246 e.